The van der Waals surface area contributed by atoms with Gasteiger partial charge in [-0.1, -0.05) is 18.2 Å². The molecule has 1 unspecified atom stereocenters. The molecule has 1 N–H and O–H groups in total. The van der Waals surface area contributed by atoms with Crippen molar-refractivity contribution in [3.8, 4) is 0 Å². The number of carbonyl (C=O) groups is 1. The van der Waals surface area contributed by atoms with E-state index in [-0.39, 0.29) is 6.42 Å². The van der Waals surface area contributed by atoms with E-state index in [1.54, 1.807) is 0 Å². The van der Waals surface area contributed by atoms with Crippen LogP contribution in [0.4, 0.5) is 5.69 Å². The molecule has 2 rings (SSSR count). The summed E-state index contributed by atoms with van der Waals surface area (Å²) >= 11 is 0. The third kappa shape index (κ3) is 2.18. The van der Waals surface area contributed by atoms with Crippen LogP contribution < -0.4 is 4.90 Å². The van der Waals surface area contributed by atoms with Crippen LogP contribution in [0.25, 0.3) is 0 Å². The van der Waals surface area contributed by atoms with E-state index in [0.29, 0.717) is 12.6 Å². The van der Waals surface area contributed by atoms with Crippen LogP contribution in [-0.4, -0.2) is 23.7 Å². The minimum absolute atomic E-state index is 0.207. The molecule has 0 fully saturated rings. The molecule has 0 spiro atoms. The topological polar surface area (TPSA) is 40.5 Å². The van der Waals surface area contributed by atoms with Crippen molar-refractivity contribution in [3.05, 3.63) is 29.8 Å². The summed E-state index contributed by atoms with van der Waals surface area (Å²) in [6.07, 6.45) is 2.41. The fourth-order valence-corrected chi connectivity index (χ4v) is 2.32. The summed E-state index contributed by atoms with van der Waals surface area (Å²) in [6, 6.07) is 8.73. The number of aliphatic carboxylic acids is 1. The summed E-state index contributed by atoms with van der Waals surface area (Å²) in [5.41, 5.74) is 2.55. The number of hydrogen-bond donors (Lipinski definition) is 1. The lowest BCUT2D eigenvalue weighted by molar-refractivity contribution is -0.136. The Hall–Kier alpha value is -1.51. The first-order valence-corrected chi connectivity index (χ1v) is 5.75. The first-order chi connectivity index (χ1) is 7.68. The molecular formula is C13H17NO2. The monoisotopic (exact) mass is 219 g/mol. The van der Waals surface area contributed by atoms with Crippen molar-refractivity contribution < 1.29 is 9.90 Å². The Balaban J connectivity index is 2.19. The van der Waals surface area contributed by atoms with Crippen LogP contribution in [0.2, 0.25) is 0 Å². The standard InChI is InChI=1S/C13H17NO2/c1-10-6-7-11-4-2-3-5-12(11)14(10)9-8-13(15)16/h2-5,10H,6-9H2,1H3,(H,15,16). The Morgan fingerprint density at radius 2 is 2.25 bits per heavy atom. The summed E-state index contributed by atoms with van der Waals surface area (Å²) in [5.74, 6) is -0.727. The van der Waals surface area contributed by atoms with Crippen LogP contribution in [0.3, 0.4) is 0 Å². The second kappa shape index (κ2) is 4.56. The number of carboxylic acid groups (broad SMARTS) is 1. The zero-order chi connectivity index (χ0) is 11.5. The van der Waals surface area contributed by atoms with E-state index in [1.807, 2.05) is 12.1 Å². The van der Waals surface area contributed by atoms with Crippen LogP contribution in [0.5, 0.6) is 0 Å². The highest BCUT2D eigenvalue weighted by molar-refractivity contribution is 5.68. The molecule has 1 aromatic rings. The molecule has 0 amide bonds. The second-order valence-corrected chi connectivity index (χ2v) is 4.35. The molecular weight excluding hydrogens is 202 g/mol. The molecule has 1 aliphatic heterocycles. The van der Waals surface area contributed by atoms with Gasteiger partial charge in [0.1, 0.15) is 0 Å². The molecule has 3 heteroatoms. The average Bonchev–Trinajstić information content (AvgIpc) is 2.27. The maximum Gasteiger partial charge on any atom is 0.305 e. The zero-order valence-corrected chi connectivity index (χ0v) is 9.52. The molecule has 0 aliphatic carbocycles. The van der Waals surface area contributed by atoms with Crippen LogP contribution in [0.1, 0.15) is 25.3 Å². The van der Waals surface area contributed by atoms with Crippen LogP contribution in [0.15, 0.2) is 24.3 Å². The van der Waals surface area contributed by atoms with Crippen molar-refractivity contribution in [1.82, 2.24) is 0 Å². The van der Waals surface area contributed by atoms with E-state index in [9.17, 15) is 4.79 Å². The van der Waals surface area contributed by atoms with Crippen molar-refractivity contribution in [3.63, 3.8) is 0 Å². The minimum Gasteiger partial charge on any atom is -0.481 e. The van der Waals surface area contributed by atoms with Gasteiger partial charge in [-0.3, -0.25) is 4.79 Å². The largest absolute Gasteiger partial charge is 0.481 e. The summed E-state index contributed by atoms with van der Waals surface area (Å²) in [5, 5.41) is 8.75. The van der Waals surface area contributed by atoms with Crippen molar-refractivity contribution >= 4 is 11.7 Å². The Morgan fingerprint density at radius 3 is 3.00 bits per heavy atom. The molecule has 0 bridgehead atoms. The molecule has 16 heavy (non-hydrogen) atoms. The zero-order valence-electron chi connectivity index (χ0n) is 9.52. The minimum atomic E-state index is -0.727. The van der Waals surface area contributed by atoms with Crippen molar-refractivity contribution in [1.29, 1.82) is 0 Å². The van der Waals surface area contributed by atoms with Crippen LogP contribution in [-0.2, 0) is 11.2 Å². The van der Waals surface area contributed by atoms with Crippen LogP contribution in [0, 0.1) is 0 Å². The predicted octanol–water partition coefficient (Wildman–Crippen LogP) is 2.30. The lowest BCUT2D eigenvalue weighted by Crippen LogP contribution is -2.38. The number of hydrogen-bond acceptors (Lipinski definition) is 2. The SMILES string of the molecule is CC1CCc2ccccc2N1CCC(=O)O. The van der Waals surface area contributed by atoms with Gasteiger partial charge in [-0.05, 0) is 31.4 Å². The lowest BCUT2D eigenvalue weighted by atomic mass is 9.96. The van der Waals surface area contributed by atoms with Crippen molar-refractivity contribution in [2.45, 2.75) is 32.2 Å². The third-order valence-electron chi connectivity index (χ3n) is 3.23. The molecule has 3 nitrogen and oxygen atoms in total. The van der Waals surface area contributed by atoms with Crippen molar-refractivity contribution in [2.24, 2.45) is 0 Å². The normalized spacial score (nSPS) is 19.3. The first kappa shape index (κ1) is 11.0. The van der Waals surface area contributed by atoms with Gasteiger partial charge in [0.15, 0.2) is 0 Å². The van der Waals surface area contributed by atoms with Gasteiger partial charge in [0.25, 0.3) is 0 Å². The van der Waals surface area contributed by atoms with E-state index in [4.69, 9.17) is 5.11 Å². The quantitative estimate of drug-likeness (QED) is 0.848. The number of carboxylic acids is 1. The number of aryl methyl sites for hydroxylation is 1. The molecule has 0 saturated heterocycles. The molecule has 0 aromatic heterocycles. The Kier molecular flexibility index (Phi) is 3.13. The highest BCUT2D eigenvalue weighted by Gasteiger charge is 2.22. The summed E-state index contributed by atoms with van der Waals surface area (Å²) in [4.78, 5) is 12.8. The third-order valence-corrected chi connectivity index (χ3v) is 3.23. The molecule has 0 radical (unpaired) electrons. The van der Waals surface area contributed by atoms with Gasteiger partial charge in [0.2, 0.25) is 0 Å². The second-order valence-electron chi connectivity index (χ2n) is 4.35. The average molecular weight is 219 g/mol. The number of nitrogens with zero attached hydrogens (tertiary/aromatic N) is 1. The number of fused-ring (bicyclic) bond motifs is 1. The highest BCUT2D eigenvalue weighted by atomic mass is 16.4. The summed E-state index contributed by atoms with van der Waals surface area (Å²) < 4.78 is 0. The van der Waals surface area contributed by atoms with Gasteiger partial charge >= 0.3 is 5.97 Å². The maximum atomic E-state index is 10.6. The van der Waals surface area contributed by atoms with Crippen molar-refractivity contribution in [2.75, 3.05) is 11.4 Å². The summed E-state index contributed by atoms with van der Waals surface area (Å²) in [6.45, 7) is 2.77. The Morgan fingerprint density at radius 1 is 1.50 bits per heavy atom. The smallest absolute Gasteiger partial charge is 0.305 e. The van der Waals surface area contributed by atoms with E-state index < -0.39 is 5.97 Å². The highest BCUT2D eigenvalue weighted by Crippen LogP contribution is 2.30. The van der Waals surface area contributed by atoms with Gasteiger partial charge < -0.3 is 10.0 Å². The van der Waals surface area contributed by atoms with E-state index in [0.717, 1.165) is 12.8 Å². The predicted molar refractivity (Wildman–Crippen MR) is 63.8 cm³/mol. The molecule has 1 aliphatic rings. The number of benzene rings is 1. The first-order valence-electron chi connectivity index (χ1n) is 5.75. The maximum absolute atomic E-state index is 10.6. The molecule has 1 heterocycles. The fraction of sp³-hybridized carbons (Fsp3) is 0.462. The molecule has 1 atom stereocenters. The van der Waals surface area contributed by atoms with Gasteiger partial charge in [-0.25, -0.2) is 0 Å². The van der Waals surface area contributed by atoms with Gasteiger partial charge in [0.05, 0.1) is 6.42 Å². The molecule has 86 valence electrons. The summed E-state index contributed by atoms with van der Waals surface area (Å²) in [7, 11) is 0. The van der Waals surface area contributed by atoms with Gasteiger partial charge in [0, 0.05) is 18.3 Å². The van der Waals surface area contributed by atoms with Gasteiger partial charge in [-0.2, -0.15) is 0 Å². The van der Waals surface area contributed by atoms with Crippen LogP contribution >= 0.6 is 0 Å². The number of anilines is 1. The van der Waals surface area contributed by atoms with E-state index >= 15 is 0 Å². The lowest BCUT2D eigenvalue weighted by Gasteiger charge is -2.36. The van der Waals surface area contributed by atoms with Gasteiger partial charge in [-0.15, -0.1) is 0 Å². The number of rotatable bonds is 3. The van der Waals surface area contributed by atoms with E-state index in [1.165, 1.54) is 11.3 Å². The fourth-order valence-electron chi connectivity index (χ4n) is 2.32. The number of para-hydroxylation sites is 1. The molecule has 0 saturated carbocycles. The Labute approximate surface area is 95.7 Å². The Bertz CT molecular complexity index is 389. The molecule has 1 aromatic carbocycles. The van der Waals surface area contributed by atoms with E-state index in [2.05, 4.69) is 24.0 Å².